The first-order valence-corrected chi connectivity index (χ1v) is 7.37. The van der Waals surface area contributed by atoms with Crippen LogP contribution in [0.4, 0.5) is 5.82 Å². The van der Waals surface area contributed by atoms with Gasteiger partial charge in [-0.1, -0.05) is 13.8 Å². The van der Waals surface area contributed by atoms with Crippen molar-refractivity contribution in [3.63, 3.8) is 0 Å². The number of likely N-dealkylation sites (tertiary alicyclic amines) is 1. The average Bonchev–Trinajstić information content (AvgIpc) is 2.86. The summed E-state index contributed by atoms with van der Waals surface area (Å²) in [6.45, 7) is 12.8. The molecule has 0 N–H and O–H groups in total. The molecule has 0 aromatic carbocycles. The van der Waals surface area contributed by atoms with Gasteiger partial charge in [-0.05, 0) is 24.7 Å². The number of aromatic nitrogens is 2. The van der Waals surface area contributed by atoms with Crippen molar-refractivity contribution in [3.8, 4) is 0 Å². The predicted molar refractivity (Wildman–Crippen MR) is 77.2 cm³/mol. The molecule has 0 aliphatic carbocycles. The Labute approximate surface area is 115 Å². The maximum Gasteiger partial charge on any atom is 0.134 e. The number of hydrogen-bond acceptors (Lipinski definition) is 4. The van der Waals surface area contributed by atoms with Gasteiger partial charge in [0.05, 0.1) is 0 Å². The molecule has 1 aromatic heterocycles. The summed E-state index contributed by atoms with van der Waals surface area (Å²) in [7, 11) is 0. The summed E-state index contributed by atoms with van der Waals surface area (Å²) in [5.74, 6) is 3.57. The summed E-state index contributed by atoms with van der Waals surface area (Å²) in [4.78, 5) is 13.6. The third kappa shape index (κ3) is 2.59. The maximum atomic E-state index is 4.46. The molecule has 1 aromatic rings. The zero-order valence-corrected chi connectivity index (χ0v) is 12.2. The number of rotatable bonds is 3. The molecule has 4 nitrogen and oxygen atoms in total. The van der Waals surface area contributed by atoms with E-state index in [4.69, 9.17) is 0 Å². The standard InChI is InChI=1S/C15H24N4/c1-11(2)5-18-6-13-8-19(9-14(13)7-18)15-12(3)4-16-10-17-15/h4,10-11,13-14H,5-9H2,1-3H3. The van der Waals surface area contributed by atoms with E-state index < -0.39 is 0 Å². The van der Waals surface area contributed by atoms with Crippen LogP contribution < -0.4 is 4.90 Å². The maximum absolute atomic E-state index is 4.46. The second-order valence-electron chi connectivity index (χ2n) is 6.57. The molecule has 2 aliphatic heterocycles. The normalized spacial score (nSPS) is 27.3. The lowest BCUT2D eigenvalue weighted by atomic mass is 10.0. The van der Waals surface area contributed by atoms with Gasteiger partial charge in [-0.25, -0.2) is 9.97 Å². The molecule has 0 bridgehead atoms. The Hall–Kier alpha value is -1.16. The lowest BCUT2D eigenvalue weighted by molar-refractivity contribution is 0.280. The summed E-state index contributed by atoms with van der Waals surface area (Å²) in [6.07, 6.45) is 3.59. The summed E-state index contributed by atoms with van der Waals surface area (Å²) < 4.78 is 0. The summed E-state index contributed by atoms with van der Waals surface area (Å²) >= 11 is 0. The van der Waals surface area contributed by atoms with Crippen molar-refractivity contribution in [2.45, 2.75) is 20.8 Å². The van der Waals surface area contributed by atoms with E-state index in [2.05, 4.69) is 40.5 Å². The zero-order chi connectivity index (χ0) is 13.4. The molecule has 2 unspecified atom stereocenters. The Kier molecular flexibility index (Phi) is 3.44. The number of aryl methyl sites for hydroxylation is 1. The molecule has 104 valence electrons. The van der Waals surface area contributed by atoms with E-state index >= 15 is 0 Å². The summed E-state index contributed by atoms with van der Waals surface area (Å²) in [5, 5.41) is 0. The Bertz CT molecular complexity index is 432. The number of fused-ring (bicyclic) bond motifs is 1. The molecule has 0 radical (unpaired) electrons. The summed E-state index contributed by atoms with van der Waals surface area (Å²) in [5.41, 5.74) is 1.20. The van der Waals surface area contributed by atoms with Crippen LogP contribution in [0, 0.1) is 24.7 Å². The van der Waals surface area contributed by atoms with Crippen molar-refractivity contribution < 1.29 is 0 Å². The number of anilines is 1. The highest BCUT2D eigenvalue weighted by Crippen LogP contribution is 2.34. The molecule has 3 heterocycles. The van der Waals surface area contributed by atoms with Crippen molar-refractivity contribution in [2.75, 3.05) is 37.6 Å². The van der Waals surface area contributed by atoms with E-state index in [1.807, 2.05) is 6.20 Å². The Morgan fingerprint density at radius 2 is 1.89 bits per heavy atom. The van der Waals surface area contributed by atoms with Crippen molar-refractivity contribution in [2.24, 2.45) is 17.8 Å². The van der Waals surface area contributed by atoms with E-state index in [1.165, 1.54) is 25.2 Å². The van der Waals surface area contributed by atoms with Gasteiger partial charge in [-0.3, -0.25) is 0 Å². The van der Waals surface area contributed by atoms with Crippen LogP contribution >= 0.6 is 0 Å². The number of nitrogens with zero attached hydrogens (tertiary/aromatic N) is 4. The van der Waals surface area contributed by atoms with Crippen LogP contribution in [0.2, 0.25) is 0 Å². The highest BCUT2D eigenvalue weighted by Gasteiger charge is 2.40. The predicted octanol–water partition coefficient (Wildman–Crippen LogP) is 1.81. The lowest BCUT2D eigenvalue weighted by Crippen LogP contribution is -2.31. The van der Waals surface area contributed by atoms with E-state index in [-0.39, 0.29) is 0 Å². The smallest absolute Gasteiger partial charge is 0.134 e. The fraction of sp³-hybridized carbons (Fsp3) is 0.733. The van der Waals surface area contributed by atoms with Crippen molar-refractivity contribution in [1.29, 1.82) is 0 Å². The molecule has 2 saturated heterocycles. The first kappa shape index (κ1) is 12.9. The fourth-order valence-corrected chi connectivity index (χ4v) is 3.65. The minimum Gasteiger partial charge on any atom is -0.356 e. The van der Waals surface area contributed by atoms with Crippen LogP contribution in [0.25, 0.3) is 0 Å². The van der Waals surface area contributed by atoms with Gasteiger partial charge in [0, 0.05) is 44.5 Å². The third-order valence-electron chi connectivity index (χ3n) is 4.35. The second kappa shape index (κ2) is 5.08. The van der Waals surface area contributed by atoms with E-state index in [0.717, 1.165) is 36.7 Å². The average molecular weight is 260 g/mol. The monoisotopic (exact) mass is 260 g/mol. The Morgan fingerprint density at radius 1 is 1.21 bits per heavy atom. The highest BCUT2D eigenvalue weighted by molar-refractivity contribution is 5.46. The quantitative estimate of drug-likeness (QED) is 0.829. The number of hydrogen-bond donors (Lipinski definition) is 0. The molecular weight excluding hydrogens is 236 g/mol. The Balaban J connectivity index is 1.64. The van der Waals surface area contributed by atoms with E-state index in [0.29, 0.717) is 0 Å². The van der Waals surface area contributed by atoms with Gasteiger partial charge in [0.15, 0.2) is 0 Å². The fourth-order valence-electron chi connectivity index (χ4n) is 3.65. The van der Waals surface area contributed by atoms with Gasteiger partial charge in [-0.2, -0.15) is 0 Å². The van der Waals surface area contributed by atoms with Gasteiger partial charge in [-0.15, -0.1) is 0 Å². The van der Waals surface area contributed by atoms with Crippen LogP contribution in [0.1, 0.15) is 19.4 Å². The molecule has 3 rings (SSSR count). The minimum atomic E-state index is 0.777. The van der Waals surface area contributed by atoms with Crippen LogP contribution in [0.5, 0.6) is 0 Å². The molecule has 2 atom stereocenters. The van der Waals surface area contributed by atoms with Crippen molar-refractivity contribution in [3.05, 3.63) is 18.1 Å². The van der Waals surface area contributed by atoms with Crippen molar-refractivity contribution in [1.82, 2.24) is 14.9 Å². The largest absolute Gasteiger partial charge is 0.356 e. The zero-order valence-electron chi connectivity index (χ0n) is 12.2. The van der Waals surface area contributed by atoms with Crippen LogP contribution in [-0.2, 0) is 0 Å². The molecular formula is C15H24N4. The van der Waals surface area contributed by atoms with Crippen LogP contribution in [0.15, 0.2) is 12.5 Å². The lowest BCUT2D eigenvalue weighted by Gasteiger charge is -2.24. The summed E-state index contributed by atoms with van der Waals surface area (Å²) in [6, 6.07) is 0. The molecule has 0 amide bonds. The first-order chi connectivity index (χ1) is 9.13. The molecule has 0 spiro atoms. The van der Waals surface area contributed by atoms with E-state index in [9.17, 15) is 0 Å². The van der Waals surface area contributed by atoms with Gasteiger partial charge >= 0.3 is 0 Å². The van der Waals surface area contributed by atoms with Crippen LogP contribution in [-0.4, -0.2) is 47.6 Å². The SMILES string of the molecule is Cc1cncnc1N1CC2CN(CC(C)C)CC2C1. The second-order valence-corrected chi connectivity index (χ2v) is 6.57. The van der Waals surface area contributed by atoms with Gasteiger partial charge < -0.3 is 9.80 Å². The Morgan fingerprint density at radius 3 is 2.47 bits per heavy atom. The molecule has 2 aliphatic rings. The third-order valence-corrected chi connectivity index (χ3v) is 4.35. The first-order valence-electron chi connectivity index (χ1n) is 7.37. The highest BCUT2D eigenvalue weighted by atomic mass is 15.3. The van der Waals surface area contributed by atoms with Gasteiger partial charge in [0.2, 0.25) is 0 Å². The topological polar surface area (TPSA) is 32.3 Å². The van der Waals surface area contributed by atoms with Crippen molar-refractivity contribution >= 4 is 5.82 Å². The molecule has 19 heavy (non-hydrogen) atoms. The van der Waals surface area contributed by atoms with Gasteiger partial charge in [0.1, 0.15) is 12.1 Å². The van der Waals surface area contributed by atoms with Gasteiger partial charge in [0.25, 0.3) is 0 Å². The molecule has 2 fully saturated rings. The minimum absolute atomic E-state index is 0.777. The van der Waals surface area contributed by atoms with Crippen LogP contribution in [0.3, 0.4) is 0 Å². The molecule has 4 heteroatoms. The van der Waals surface area contributed by atoms with E-state index in [1.54, 1.807) is 6.33 Å². The molecule has 0 saturated carbocycles.